The third kappa shape index (κ3) is 2.73. The van der Waals surface area contributed by atoms with Crippen LogP contribution in [0.5, 0.6) is 5.75 Å². The molecule has 3 nitrogen and oxygen atoms in total. The standard InChI is InChI=1S/C15H18O3/c16-14-12(9-6-10-13(14)15(17)18)11-7-4-2-1-3-5-8-11/h1-2,6,9-11,16H,3-5,7-8H2,(H,17,18)/b2-1-. The molecule has 3 heteroatoms. The zero-order valence-corrected chi connectivity index (χ0v) is 10.3. The first kappa shape index (κ1) is 12.7. The van der Waals surface area contributed by atoms with E-state index in [1.807, 2.05) is 6.07 Å². The van der Waals surface area contributed by atoms with Crippen LogP contribution < -0.4 is 0 Å². The first-order valence-corrected chi connectivity index (χ1v) is 6.40. The van der Waals surface area contributed by atoms with Crippen LogP contribution in [0.2, 0.25) is 0 Å². The van der Waals surface area contributed by atoms with E-state index in [2.05, 4.69) is 12.2 Å². The zero-order chi connectivity index (χ0) is 13.0. The molecular weight excluding hydrogens is 228 g/mol. The van der Waals surface area contributed by atoms with Gasteiger partial charge in [0, 0.05) is 0 Å². The first-order chi connectivity index (χ1) is 8.70. The van der Waals surface area contributed by atoms with Gasteiger partial charge < -0.3 is 10.2 Å². The summed E-state index contributed by atoms with van der Waals surface area (Å²) in [6, 6.07) is 5.01. The summed E-state index contributed by atoms with van der Waals surface area (Å²) in [5.74, 6) is -0.867. The summed E-state index contributed by atoms with van der Waals surface area (Å²) < 4.78 is 0. The minimum Gasteiger partial charge on any atom is -0.507 e. The number of carboxylic acids is 1. The average molecular weight is 246 g/mol. The van der Waals surface area contributed by atoms with Gasteiger partial charge in [0.25, 0.3) is 0 Å². The molecule has 0 amide bonds. The quantitative estimate of drug-likeness (QED) is 0.782. The number of benzene rings is 1. The number of hydrogen-bond donors (Lipinski definition) is 2. The summed E-state index contributed by atoms with van der Waals surface area (Å²) in [5.41, 5.74) is 0.787. The van der Waals surface area contributed by atoms with Crippen molar-refractivity contribution >= 4 is 5.97 Å². The van der Waals surface area contributed by atoms with Crippen molar-refractivity contribution in [2.75, 3.05) is 0 Å². The van der Waals surface area contributed by atoms with Crippen molar-refractivity contribution in [2.45, 2.75) is 38.0 Å². The number of allylic oxidation sites excluding steroid dienone is 2. The van der Waals surface area contributed by atoms with Crippen LogP contribution in [0, 0.1) is 0 Å². The van der Waals surface area contributed by atoms with Crippen molar-refractivity contribution in [3.63, 3.8) is 0 Å². The van der Waals surface area contributed by atoms with Gasteiger partial charge in [0.05, 0.1) is 0 Å². The summed E-state index contributed by atoms with van der Waals surface area (Å²) in [7, 11) is 0. The number of para-hydroxylation sites is 1. The lowest BCUT2D eigenvalue weighted by Gasteiger charge is -2.19. The van der Waals surface area contributed by atoms with Crippen molar-refractivity contribution in [2.24, 2.45) is 0 Å². The van der Waals surface area contributed by atoms with Gasteiger partial charge >= 0.3 is 5.97 Å². The number of rotatable bonds is 2. The number of carbonyl (C=O) groups is 1. The van der Waals surface area contributed by atoms with E-state index < -0.39 is 5.97 Å². The molecule has 96 valence electrons. The monoisotopic (exact) mass is 246 g/mol. The highest BCUT2D eigenvalue weighted by atomic mass is 16.4. The molecule has 0 spiro atoms. The molecule has 1 unspecified atom stereocenters. The minimum absolute atomic E-state index is 0.00472. The van der Waals surface area contributed by atoms with Crippen molar-refractivity contribution in [3.8, 4) is 5.75 Å². The summed E-state index contributed by atoms with van der Waals surface area (Å²) in [6.07, 6.45) is 9.47. The number of aromatic hydroxyl groups is 1. The topological polar surface area (TPSA) is 57.5 Å². The summed E-state index contributed by atoms with van der Waals surface area (Å²) in [6.45, 7) is 0. The molecule has 18 heavy (non-hydrogen) atoms. The molecule has 0 bridgehead atoms. The minimum atomic E-state index is -1.07. The van der Waals surface area contributed by atoms with Crippen LogP contribution in [0.4, 0.5) is 0 Å². The lowest BCUT2D eigenvalue weighted by atomic mass is 9.86. The van der Waals surface area contributed by atoms with Crippen molar-refractivity contribution < 1.29 is 15.0 Å². The van der Waals surface area contributed by atoms with Gasteiger partial charge in [0.15, 0.2) is 0 Å². The SMILES string of the molecule is O=C(O)c1cccc(C2CC/C=C\CCC2)c1O. The Labute approximate surface area is 107 Å². The molecule has 1 aliphatic rings. The van der Waals surface area contributed by atoms with E-state index in [0.717, 1.165) is 37.7 Å². The highest BCUT2D eigenvalue weighted by Crippen LogP contribution is 2.36. The third-order valence-corrected chi connectivity index (χ3v) is 3.51. The van der Waals surface area contributed by atoms with Crippen LogP contribution in [0.25, 0.3) is 0 Å². The zero-order valence-electron chi connectivity index (χ0n) is 10.3. The predicted octanol–water partition coefficient (Wildman–Crippen LogP) is 3.69. The smallest absolute Gasteiger partial charge is 0.339 e. The molecular formula is C15H18O3. The van der Waals surface area contributed by atoms with Gasteiger partial charge in [0.1, 0.15) is 11.3 Å². The van der Waals surface area contributed by atoms with E-state index in [9.17, 15) is 9.90 Å². The van der Waals surface area contributed by atoms with Crippen LogP contribution in [-0.2, 0) is 0 Å². The van der Waals surface area contributed by atoms with Crippen LogP contribution in [-0.4, -0.2) is 16.2 Å². The van der Waals surface area contributed by atoms with Gasteiger partial charge in [-0.05, 0) is 49.7 Å². The Morgan fingerprint density at radius 2 is 1.94 bits per heavy atom. The number of carboxylic acid groups (broad SMARTS) is 1. The Bertz CT molecular complexity index is 463. The van der Waals surface area contributed by atoms with Gasteiger partial charge in [0.2, 0.25) is 0 Å². The van der Waals surface area contributed by atoms with E-state index in [1.54, 1.807) is 6.07 Å². The van der Waals surface area contributed by atoms with Crippen molar-refractivity contribution in [3.05, 3.63) is 41.5 Å². The van der Waals surface area contributed by atoms with Gasteiger partial charge in [-0.1, -0.05) is 24.3 Å². The molecule has 1 aromatic rings. The highest BCUT2D eigenvalue weighted by molar-refractivity contribution is 5.91. The molecule has 0 fully saturated rings. The molecule has 0 radical (unpaired) electrons. The predicted molar refractivity (Wildman–Crippen MR) is 70.0 cm³/mol. The Morgan fingerprint density at radius 3 is 2.72 bits per heavy atom. The Hall–Kier alpha value is -1.77. The molecule has 0 saturated heterocycles. The third-order valence-electron chi connectivity index (χ3n) is 3.51. The van der Waals surface area contributed by atoms with E-state index >= 15 is 0 Å². The maximum Gasteiger partial charge on any atom is 0.339 e. The molecule has 2 rings (SSSR count). The van der Waals surface area contributed by atoms with Gasteiger partial charge in [-0.15, -0.1) is 0 Å². The maximum absolute atomic E-state index is 11.0. The van der Waals surface area contributed by atoms with Crippen molar-refractivity contribution in [1.29, 1.82) is 0 Å². The van der Waals surface area contributed by atoms with E-state index in [1.165, 1.54) is 6.07 Å². The summed E-state index contributed by atoms with van der Waals surface area (Å²) in [5, 5.41) is 19.1. The molecule has 1 atom stereocenters. The normalized spacial score (nSPS) is 21.9. The Balaban J connectivity index is 2.29. The van der Waals surface area contributed by atoms with Crippen molar-refractivity contribution in [1.82, 2.24) is 0 Å². The average Bonchev–Trinajstić information content (AvgIpc) is 2.29. The number of hydrogen-bond acceptors (Lipinski definition) is 2. The highest BCUT2D eigenvalue weighted by Gasteiger charge is 2.19. The van der Waals surface area contributed by atoms with Crippen LogP contribution in [0.3, 0.4) is 0 Å². The van der Waals surface area contributed by atoms with E-state index in [-0.39, 0.29) is 17.2 Å². The first-order valence-electron chi connectivity index (χ1n) is 6.40. The van der Waals surface area contributed by atoms with E-state index in [4.69, 9.17) is 5.11 Å². The second-order valence-electron chi connectivity index (χ2n) is 4.73. The number of phenols is 1. The molecule has 2 N–H and O–H groups in total. The van der Waals surface area contributed by atoms with Crippen LogP contribution in [0.15, 0.2) is 30.4 Å². The molecule has 1 aliphatic carbocycles. The summed E-state index contributed by atoms with van der Waals surface area (Å²) in [4.78, 5) is 11.0. The lowest BCUT2D eigenvalue weighted by molar-refractivity contribution is 0.0693. The Morgan fingerprint density at radius 1 is 1.17 bits per heavy atom. The number of aromatic carboxylic acids is 1. The van der Waals surface area contributed by atoms with Gasteiger partial charge in [-0.25, -0.2) is 4.79 Å². The second kappa shape index (κ2) is 5.71. The second-order valence-corrected chi connectivity index (χ2v) is 4.73. The van der Waals surface area contributed by atoms with Gasteiger partial charge in [-0.3, -0.25) is 0 Å². The summed E-state index contributed by atoms with van der Waals surface area (Å²) >= 11 is 0. The van der Waals surface area contributed by atoms with E-state index in [0.29, 0.717) is 0 Å². The maximum atomic E-state index is 11.0. The van der Waals surface area contributed by atoms with Crippen LogP contribution >= 0.6 is 0 Å². The fourth-order valence-corrected chi connectivity index (χ4v) is 2.53. The molecule has 0 aromatic heterocycles. The molecule has 0 aliphatic heterocycles. The van der Waals surface area contributed by atoms with Crippen LogP contribution in [0.1, 0.15) is 53.9 Å². The lowest BCUT2D eigenvalue weighted by Crippen LogP contribution is -2.04. The molecule has 1 aromatic carbocycles. The fourth-order valence-electron chi connectivity index (χ4n) is 2.53. The Kier molecular flexibility index (Phi) is 4.03. The molecule has 0 heterocycles. The largest absolute Gasteiger partial charge is 0.507 e. The fraction of sp³-hybridized carbons (Fsp3) is 0.400. The van der Waals surface area contributed by atoms with Gasteiger partial charge in [-0.2, -0.15) is 0 Å². The molecule has 0 saturated carbocycles.